The molecule has 30 heavy (non-hydrogen) atoms. The number of nitrogens with zero attached hydrogens (tertiary/aromatic N) is 4. The maximum atomic E-state index is 11.9. The van der Waals surface area contributed by atoms with Crippen LogP contribution in [-0.2, 0) is 9.59 Å². The molecule has 1 aromatic carbocycles. The summed E-state index contributed by atoms with van der Waals surface area (Å²) in [5, 5.41) is 5.39. The summed E-state index contributed by atoms with van der Waals surface area (Å²) in [7, 11) is 0. The summed E-state index contributed by atoms with van der Waals surface area (Å²) < 4.78 is 5.34. The Bertz CT molecular complexity index is 782. The van der Waals surface area contributed by atoms with Crippen LogP contribution in [0.2, 0.25) is 0 Å². The van der Waals surface area contributed by atoms with E-state index in [1.807, 2.05) is 24.3 Å². The van der Waals surface area contributed by atoms with E-state index in [0.29, 0.717) is 12.3 Å². The van der Waals surface area contributed by atoms with Gasteiger partial charge in [-0.05, 0) is 31.2 Å². The molecule has 9 nitrogen and oxygen atoms in total. The minimum Gasteiger partial charge on any atom is -0.484 e. The van der Waals surface area contributed by atoms with E-state index in [9.17, 15) is 9.59 Å². The molecule has 1 fully saturated rings. The van der Waals surface area contributed by atoms with Gasteiger partial charge in [-0.15, -0.1) is 0 Å². The summed E-state index contributed by atoms with van der Waals surface area (Å²) in [5.41, 5.74) is 0. The van der Waals surface area contributed by atoms with Crippen LogP contribution in [-0.4, -0.2) is 79.1 Å². The molecule has 1 aliphatic heterocycles. The van der Waals surface area contributed by atoms with Crippen molar-refractivity contribution in [2.24, 2.45) is 0 Å². The molecular weight excluding hydrogens is 384 g/mol. The van der Waals surface area contributed by atoms with Gasteiger partial charge in [-0.2, -0.15) is 0 Å². The van der Waals surface area contributed by atoms with Crippen LogP contribution in [0, 0.1) is 0 Å². The molecule has 0 aliphatic carbocycles. The van der Waals surface area contributed by atoms with Gasteiger partial charge >= 0.3 is 0 Å². The summed E-state index contributed by atoms with van der Waals surface area (Å²) in [6, 6.07) is 10.9. The van der Waals surface area contributed by atoms with Gasteiger partial charge in [0.1, 0.15) is 5.75 Å². The van der Waals surface area contributed by atoms with E-state index >= 15 is 0 Å². The second-order valence-corrected chi connectivity index (χ2v) is 6.96. The van der Waals surface area contributed by atoms with Crippen molar-refractivity contribution in [1.82, 2.24) is 25.5 Å². The molecule has 1 aliphatic rings. The number of benzene rings is 1. The van der Waals surface area contributed by atoms with Crippen molar-refractivity contribution in [3.63, 3.8) is 0 Å². The summed E-state index contributed by atoms with van der Waals surface area (Å²) >= 11 is 0. The number of carbonyl (C=O) groups is 2. The molecule has 0 spiro atoms. The number of aromatic nitrogens is 2. The van der Waals surface area contributed by atoms with E-state index < -0.39 is 0 Å². The number of nitrogens with one attached hydrogen (secondary N) is 2. The molecule has 2 heterocycles. The quantitative estimate of drug-likeness (QED) is 0.542. The van der Waals surface area contributed by atoms with Crippen molar-refractivity contribution in [1.29, 1.82) is 0 Å². The average molecular weight is 412 g/mol. The molecule has 0 unspecified atom stereocenters. The standard InChI is InChI=1S/C21H28N6O3/c28-19(16-25-20(29)17-30-18-6-2-1-3-7-18)22-10-5-11-26-12-14-27(15-13-26)21-23-8-4-9-24-21/h1-4,6-9H,5,10-17H2,(H,22,28)(H,25,29). The van der Waals surface area contributed by atoms with Gasteiger partial charge in [-0.25, -0.2) is 9.97 Å². The van der Waals surface area contributed by atoms with Crippen LogP contribution in [0.1, 0.15) is 6.42 Å². The van der Waals surface area contributed by atoms with Crippen LogP contribution < -0.4 is 20.3 Å². The lowest BCUT2D eigenvalue weighted by atomic mass is 10.3. The Hall–Kier alpha value is -3.20. The molecule has 2 amide bonds. The summed E-state index contributed by atoms with van der Waals surface area (Å²) in [4.78, 5) is 36.8. The fourth-order valence-corrected chi connectivity index (χ4v) is 3.11. The fourth-order valence-electron chi connectivity index (χ4n) is 3.11. The molecule has 0 saturated carbocycles. The highest BCUT2D eigenvalue weighted by Crippen LogP contribution is 2.09. The van der Waals surface area contributed by atoms with Crippen molar-refractivity contribution in [3.05, 3.63) is 48.8 Å². The topological polar surface area (TPSA) is 99.7 Å². The van der Waals surface area contributed by atoms with Crippen molar-refractivity contribution in [2.45, 2.75) is 6.42 Å². The number of hydrogen-bond acceptors (Lipinski definition) is 7. The Kier molecular flexibility index (Phi) is 8.40. The highest BCUT2D eigenvalue weighted by atomic mass is 16.5. The Morgan fingerprint density at radius 1 is 0.933 bits per heavy atom. The smallest absolute Gasteiger partial charge is 0.258 e. The van der Waals surface area contributed by atoms with E-state index in [2.05, 4.69) is 30.4 Å². The van der Waals surface area contributed by atoms with E-state index in [4.69, 9.17) is 4.74 Å². The summed E-state index contributed by atoms with van der Waals surface area (Å²) in [5.74, 6) is 0.873. The molecule has 1 aromatic heterocycles. The largest absolute Gasteiger partial charge is 0.484 e. The van der Waals surface area contributed by atoms with Gasteiger partial charge in [0.15, 0.2) is 6.61 Å². The zero-order valence-electron chi connectivity index (χ0n) is 17.0. The number of anilines is 1. The third-order valence-corrected chi connectivity index (χ3v) is 4.74. The molecular formula is C21H28N6O3. The lowest BCUT2D eigenvalue weighted by Gasteiger charge is -2.34. The minimum atomic E-state index is -0.325. The highest BCUT2D eigenvalue weighted by Gasteiger charge is 2.18. The van der Waals surface area contributed by atoms with Crippen LogP contribution in [0.4, 0.5) is 5.95 Å². The van der Waals surface area contributed by atoms with Gasteiger partial charge in [0, 0.05) is 45.1 Å². The molecule has 3 rings (SSSR count). The first-order valence-electron chi connectivity index (χ1n) is 10.2. The number of para-hydroxylation sites is 1. The third-order valence-electron chi connectivity index (χ3n) is 4.74. The second kappa shape index (κ2) is 11.7. The van der Waals surface area contributed by atoms with Crippen molar-refractivity contribution < 1.29 is 14.3 Å². The van der Waals surface area contributed by atoms with Gasteiger partial charge in [0.2, 0.25) is 11.9 Å². The number of piperazine rings is 1. The number of hydrogen-bond donors (Lipinski definition) is 2. The summed E-state index contributed by atoms with van der Waals surface area (Å²) in [6.45, 7) is 5.02. The molecule has 9 heteroatoms. The van der Waals surface area contributed by atoms with Crippen molar-refractivity contribution >= 4 is 17.8 Å². The van der Waals surface area contributed by atoms with E-state index in [1.54, 1.807) is 24.5 Å². The lowest BCUT2D eigenvalue weighted by Crippen LogP contribution is -2.47. The van der Waals surface area contributed by atoms with Crippen LogP contribution >= 0.6 is 0 Å². The normalized spacial score (nSPS) is 14.2. The average Bonchev–Trinajstić information content (AvgIpc) is 2.81. The van der Waals surface area contributed by atoms with Crippen LogP contribution in [0.3, 0.4) is 0 Å². The molecule has 160 valence electrons. The Labute approximate surface area is 176 Å². The number of ether oxygens (including phenoxy) is 1. The van der Waals surface area contributed by atoms with Gasteiger partial charge in [0.25, 0.3) is 5.91 Å². The van der Waals surface area contributed by atoms with Crippen LogP contribution in [0.25, 0.3) is 0 Å². The zero-order chi connectivity index (χ0) is 21.0. The van der Waals surface area contributed by atoms with Gasteiger partial charge in [-0.3, -0.25) is 14.5 Å². The van der Waals surface area contributed by atoms with Crippen LogP contribution in [0.15, 0.2) is 48.8 Å². The molecule has 1 saturated heterocycles. The SMILES string of the molecule is O=C(CNC(=O)COc1ccccc1)NCCCN1CCN(c2ncccn2)CC1. The van der Waals surface area contributed by atoms with E-state index in [1.165, 1.54) is 0 Å². The zero-order valence-corrected chi connectivity index (χ0v) is 17.0. The highest BCUT2D eigenvalue weighted by molar-refractivity contribution is 5.85. The minimum absolute atomic E-state index is 0.0489. The maximum Gasteiger partial charge on any atom is 0.258 e. The third kappa shape index (κ3) is 7.32. The molecule has 0 atom stereocenters. The first kappa shape index (κ1) is 21.5. The Morgan fingerprint density at radius 3 is 2.40 bits per heavy atom. The Balaban J connectivity index is 1.21. The monoisotopic (exact) mass is 412 g/mol. The molecule has 0 radical (unpaired) electrons. The first-order valence-corrected chi connectivity index (χ1v) is 10.2. The molecule has 2 N–H and O–H groups in total. The van der Waals surface area contributed by atoms with E-state index in [0.717, 1.165) is 45.1 Å². The Morgan fingerprint density at radius 2 is 1.67 bits per heavy atom. The van der Waals surface area contributed by atoms with Gasteiger partial charge in [-0.1, -0.05) is 18.2 Å². The van der Waals surface area contributed by atoms with Gasteiger partial charge < -0.3 is 20.3 Å². The first-order chi connectivity index (χ1) is 14.7. The predicted octanol–water partition coefficient (Wildman–Crippen LogP) is 0.300. The van der Waals surface area contributed by atoms with Crippen LogP contribution in [0.5, 0.6) is 5.75 Å². The second-order valence-electron chi connectivity index (χ2n) is 6.96. The summed E-state index contributed by atoms with van der Waals surface area (Å²) in [6.07, 6.45) is 4.38. The molecule has 0 bridgehead atoms. The van der Waals surface area contributed by atoms with Gasteiger partial charge in [0.05, 0.1) is 6.54 Å². The fraction of sp³-hybridized carbons (Fsp3) is 0.429. The number of carbonyl (C=O) groups excluding carboxylic acids is 2. The van der Waals surface area contributed by atoms with Crippen molar-refractivity contribution in [2.75, 3.05) is 57.3 Å². The predicted molar refractivity (Wildman–Crippen MR) is 113 cm³/mol. The molecule has 2 aromatic rings. The lowest BCUT2D eigenvalue weighted by molar-refractivity contribution is -0.127. The number of amides is 2. The van der Waals surface area contributed by atoms with Crippen molar-refractivity contribution in [3.8, 4) is 5.75 Å². The number of rotatable bonds is 10. The van der Waals surface area contributed by atoms with E-state index in [-0.39, 0.29) is 25.0 Å². The maximum absolute atomic E-state index is 11.9.